The lowest BCUT2D eigenvalue weighted by molar-refractivity contribution is -0.136. The molecule has 0 amide bonds. The minimum atomic E-state index is -1.05. The Labute approximate surface area is 111 Å². The summed E-state index contributed by atoms with van der Waals surface area (Å²) in [5.74, 6) is -0.524. The molecule has 0 bridgehead atoms. The lowest BCUT2D eigenvalue weighted by Gasteiger charge is -2.09. The highest BCUT2D eigenvalue weighted by Gasteiger charge is 2.15. The van der Waals surface area contributed by atoms with E-state index in [1.165, 1.54) is 11.8 Å². The van der Waals surface area contributed by atoms with E-state index in [-0.39, 0.29) is 25.5 Å². The average Bonchev–Trinajstić information content (AvgIpc) is 2.67. The van der Waals surface area contributed by atoms with Crippen molar-refractivity contribution < 1.29 is 24.5 Å². The number of carbonyl (C=O) groups is 1. The molecule has 1 heterocycles. The van der Waals surface area contributed by atoms with Crippen LogP contribution in [0.1, 0.15) is 16.9 Å². The highest BCUT2D eigenvalue weighted by atomic mass is 127. The summed E-state index contributed by atoms with van der Waals surface area (Å²) in [6.45, 7) is -0.167. The Morgan fingerprint density at radius 1 is 1.71 bits per heavy atom. The predicted molar refractivity (Wildman–Crippen MR) is 65.1 cm³/mol. The molecule has 0 saturated carbocycles. The molecule has 2 N–H and O–H groups in total. The van der Waals surface area contributed by atoms with Crippen LogP contribution in [-0.2, 0) is 16.2 Å². The van der Waals surface area contributed by atoms with E-state index in [1.807, 2.05) is 22.6 Å². The maximum absolute atomic E-state index is 11.3. The van der Waals surface area contributed by atoms with Gasteiger partial charge in [-0.1, -0.05) is 0 Å². The summed E-state index contributed by atoms with van der Waals surface area (Å²) in [6, 6.07) is 0. The SMILES string of the molecule is COC(=O)c1nn(COC(O)CCO)cc1I. The van der Waals surface area contributed by atoms with Crippen molar-refractivity contribution in [1.82, 2.24) is 9.78 Å². The molecule has 0 radical (unpaired) electrons. The molecule has 0 spiro atoms. The van der Waals surface area contributed by atoms with Gasteiger partial charge in [0.15, 0.2) is 12.0 Å². The third-order valence-electron chi connectivity index (χ3n) is 1.87. The van der Waals surface area contributed by atoms with Crippen molar-refractivity contribution in [2.75, 3.05) is 13.7 Å². The number of methoxy groups -OCH3 is 1. The number of esters is 1. The van der Waals surface area contributed by atoms with Crippen molar-refractivity contribution in [3.63, 3.8) is 0 Å². The molecule has 1 rings (SSSR count). The van der Waals surface area contributed by atoms with Gasteiger partial charge in [0.1, 0.15) is 6.73 Å². The Morgan fingerprint density at radius 2 is 2.41 bits per heavy atom. The van der Waals surface area contributed by atoms with Gasteiger partial charge < -0.3 is 19.7 Å². The van der Waals surface area contributed by atoms with E-state index in [1.54, 1.807) is 6.20 Å². The molecule has 1 unspecified atom stereocenters. The number of aliphatic hydroxyl groups excluding tert-OH is 2. The molecule has 1 atom stereocenters. The monoisotopic (exact) mass is 356 g/mol. The van der Waals surface area contributed by atoms with Gasteiger partial charge in [0, 0.05) is 19.2 Å². The fourth-order valence-corrected chi connectivity index (χ4v) is 1.70. The number of rotatable bonds is 6. The minimum Gasteiger partial charge on any atom is -0.464 e. The van der Waals surface area contributed by atoms with E-state index in [4.69, 9.17) is 9.84 Å². The molecule has 7 nitrogen and oxygen atoms in total. The predicted octanol–water partition coefficient (Wildman–Crippen LogP) is -0.0508. The molecule has 17 heavy (non-hydrogen) atoms. The zero-order valence-electron chi connectivity index (χ0n) is 9.17. The Balaban J connectivity index is 2.58. The van der Waals surface area contributed by atoms with Crippen molar-refractivity contribution in [2.45, 2.75) is 19.4 Å². The van der Waals surface area contributed by atoms with Crippen LogP contribution in [0.25, 0.3) is 0 Å². The number of halogens is 1. The van der Waals surface area contributed by atoms with Gasteiger partial charge in [-0.15, -0.1) is 0 Å². The minimum absolute atomic E-state index is 0.00579. The first-order valence-electron chi connectivity index (χ1n) is 4.80. The fourth-order valence-electron chi connectivity index (χ4n) is 1.05. The number of aliphatic hydroxyl groups is 2. The normalized spacial score (nSPS) is 12.5. The Kier molecular flexibility index (Phi) is 5.82. The number of aromatic nitrogens is 2. The molecule has 0 aliphatic heterocycles. The first-order valence-corrected chi connectivity index (χ1v) is 5.88. The quantitative estimate of drug-likeness (QED) is 0.422. The molecule has 1 aromatic heterocycles. The first-order chi connectivity index (χ1) is 8.08. The van der Waals surface area contributed by atoms with Crippen molar-refractivity contribution in [3.05, 3.63) is 15.5 Å². The van der Waals surface area contributed by atoms with Crippen LogP contribution in [0.5, 0.6) is 0 Å². The van der Waals surface area contributed by atoms with Gasteiger partial charge in [0.2, 0.25) is 0 Å². The van der Waals surface area contributed by atoms with E-state index in [2.05, 4.69) is 9.84 Å². The largest absolute Gasteiger partial charge is 0.464 e. The molecule has 96 valence electrons. The molecule has 0 aromatic carbocycles. The van der Waals surface area contributed by atoms with Crippen LogP contribution in [-0.4, -0.2) is 46.0 Å². The van der Waals surface area contributed by atoms with Crippen molar-refractivity contribution in [3.8, 4) is 0 Å². The maximum atomic E-state index is 11.3. The zero-order valence-corrected chi connectivity index (χ0v) is 11.3. The molecule has 0 aliphatic carbocycles. The molecular formula is C9H13IN2O5. The van der Waals surface area contributed by atoms with Gasteiger partial charge >= 0.3 is 5.97 Å². The van der Waals surface area contributed by atoms with Gasteiger partial charge in [-0.05, 0) is 22.6 Å². The summed E-state index contributed by atoms with van der Waals surface area (Å²) in [6.07, 6.45) is 0.671. The number of hydrogen-bond donors (Lipinski definition) is 2. The van der Waals surface area contributed by atoms with Crippen molar-refractivity contribution in [1.29, 1.82) is 0 Å². The van der Waals surface area contributed by atoms with Crippen LogP contribution in [0.3, 0.4) is 0 Å². The number of nitrogens with zero attached hydrogens (tertiary/aromatic N) is 2. The first kappa shape index (κ1) is 14.4. The summed E-state index contributed by atoms with van der Waals surface area (Å²) in [7, 11) is 1.28. The van der Waals surface area contributed by atoms with E-state index in [9.17, 15) is 9.90 Å². The Hall–Kier alpha value is -0.710. The second-order valence-corrected chi connectivity index (χ2v) is 4.28. The molecule has 1 aromatic rings. The van der Waals surface area contributed by atoms with Gasteiger partial charge in [-0.25, -0.2) is 9.48 Å². The summed E-state index contributed by atoms with van der Waals surface area (Å²) < 4.78 is 11.5. The van der Waals surface area contributed by atoms with Crippen LogP contribution in [0, 0.1) is 3.57 Å². The zero-order chi connectivity index (χ0) is 12.8. The van der Waals surface area contributed by atoms with Gasteiger partial charge in [0.05, 0.1) is 10.7 Å². The Bertz CT molecular complexity index is 381. The van der Waals surface area contributed by atoms with Gasteiger partial charge in [0.25, 0.3) is 0 Å². The fraction of sp³-hybridized carbons (Fsp3) is 0.556. The lowest BCUT2D eigenvalue weighted by Crippen LogP contribution is -2.16. The van der Waals surface area contributed by atoms with Crippen LogP contribution < -0.4 is 0 Å². The third kappa shape index (κ3) is 4.22. The van der Waals surface area contributed by atoms with E-state index in [0.717, 1.165) is 0 Å². The maximum Gasteiger partial charge on any atom is 0.359 e. The third-order valence-corrected chi connectivity index (χ3v) is 2.66. The van der Waals surface area contributed by atoms with Gasteiger partial charge in [-0.3, -0.25) is 0 Å². The highest BCUT2D eigenvalue weighted by Crippen LogP contribution is 2.11. The van der Waals surface area contributed by atoms with Crippen molar-refractivity contribution >= 4 is 28.6 Å². The smallest absolute Gasteiger partial charge is 0.359 e. The summed E-state index contributed by atoms with van der Waals surface area (Å²) in [5.41, 5.74) is 0.202. The summed E-state index contributed by atoms with van der Waals surface area (Å²) in [4.78, 5) is 11.3. The van der Waals surface area contributed by atoms with E-state index >= 15 is 0 Å². The second-order valence-electron chi connectivity index (χ2n) is 3.12. The van der Waals surface area contributed by atoms with Gasteiger partial charge in [-0.2, -0.15) is 5.10 Å². The van der Waals surface area contributed by atoms with Crippen molar-refractivity contribution in [2.24, 2.45) is 0 Å². The topological polar surface area (TPSA) is 93.8 Å². The van der Waals surface area contributed by atoms with Crippen LogP contribution in [0.2, 0.25) is 0 Å². The molecular weight excluding hydrogens is 343 g/mol. The number of hydrogen-bond acceptors (Lipinski definition) is 6. The molecule has 0 saturated heterocycles. The molecule has 8 heteroatoms. The second kappa shape index (κ2) is 6.89. The summed E-state index contributed by atoms with van der Waals surface area (Å²) >= 11 is 1.95. The van der Waals surface area contributed by atoms with E-state index in [0.29, 0.717) is 3.57 Å². The number of carbonyl (C=O) groups excluding carboxylic acids is 1. The molecule has 0 fully saturated rings. The van der Waals surface area contributed by atoms with Crippen LogP contribution in [0.15, 0.2) is 6.20 Å². The highest BCUT2D eigenvalue weighted by molar-refractivity contribution is 14.1. The Morgan fingerprint density at radius 3 is 3.00 bits per heavy atom. The summed E-state index contributed by atoms with van der Waals surface area (Å²) in [5, 5.41) is 21.7. The standard InChI is InChI=1S/C9H13IN2O5/c1-16-9(15)8-6(10)4-12(11-8)5-17-7(14)2-3-13/h4,7,13-14H,2-3,5H2,1H3. The van der Waals surface area contributed by atoms with Crippen LogP contribution in [0.4, 0.5) is 0 Å². The van der Waals surface area contributed by atoms with E-state index < -0.39 is 12.3 Å². The lowest BCUT2D eigenvalue weighted by atomic mass is 10.4. The average molecular weight is 356 g/mol. The molecule has 0 aliphatic rings. The van der Waals surface area contributed by atoms with Crippen LogP contribution >= 0.6 is 22.6 Å². The number of ether oxygens (including phenoxy) is 2.